The molecule has 116 valence electrons. The Bertz CT molecular complexity index is 566. The lowest BCUT2D eigenvalue weighted by atomic mass is 9.93. The molecule has 1 aromatic carbocycles. The SMILES string of the molecule is C=CCO[C@H]1CCCC[C@@H]1NS(=O)(=O)c1ccc(C)cc1. The van der Waals surface area contributed by atoms with Crippen molar-refractivity contribution in [2.24, 2.45) is 0 Å². The number of sulfonamides is 1. The number of aryl methyl sites for hydroxylation is 1. The van der Waals surface area contributed by atoms with E-state index >= 15 is 0 Å². The molecule has 0 unspecified atom stereocenters. The molecular formula is C16H23NO3S. The van der Waals surface area contributed by atoms with Crippen LogP contribution in [0.3, 0.4) is 0 Å². The summed E-state index contributed by atoms with van der Waals surface area (Å²) in [4.78, 5) is 0.307. The molecule has 0 saturated heterocycles. The number of ether oxygens (including phenoxy) is 1. The van der Waals surface area contributed by atoms with Gasteiger partial charge >= 0.3 is 0 Å². The summed E-state index contributed by atoms with van der Waals surface area (Å²) in [7, 11) is -3.49. The molecule has 0 aromatic heterocycles. The standard InChI is InChI=1S/C16H23NO3S/c1-3-12-20-16-7-5-4-6-15(16)17-21(18,19)14-10-8-13(2)9-11-14/h3,8-11,15-17H,1,4-7,12H2,2H3/t15-,16-/m0/s1. The Balaban J connectivity index is 2.09. The van der Waals surface area contributed by atoms with E-state index in [0.717, 1.165) is 31.2 Å². The van der Waals surface area contributed by atoms with Crippen molar-refractivity contribution in [1.82, 2.24) is 4.72 Å². The fraction of sp³-hybridized carbons (Fsp3) is 0.500. The van der Waals surface area contributed by atoms with Gasteiger partial charge < -0.3 is 4.74 Å². The number of rotatable bonds is 6. The minimum atomic E-state index is -3.49. The zero-order chi connectivity index (χ0) is 15.3. The highest BCUT2D eigenvalue weighted by Gasteiger charge is 2.29. The van der Waals surface area contributed by atoms with Gasteiger partial charge in [0.1, 0.15) is 0 Å². The Morgan fingerprint density at radius 2 is 1.95 bits per heavy atom. The zero-order valence-electron chi connectivity index (χ0n) is 12.4. The summed E-state index contributed by atoms with van der Waals surface area (Å²) in [5.74, 6) is 0. The van der Waals surface area contributed by atoms with Crippen molar-refractivity contribution in [2.75, 3.05) is 6.61 Å². The molecule has 5 heteroatoms. The third-order valence-electron chi connectivity index (χ3n) is 3.77. The molecule has 0 spiro atoms. The minimum Gasteiger partial charge on any atom is -0.373 e. The first-order valence-electron chi connectivity index (χ1n) is 7.34. The van der Waals surface area contributed by atoms with Gasteiger partial charge in [0.05, 0.1) is 17.6 Å². The van der Waals surface area contributed by atoms with Crippen molar-refractivity contribution in [3.05, 3.63) is 42.5 Å². The second-order valence-electron chi connectivity index (χ2n) is 5.49. The monoisotopic (exact) mass is 309 g/mol. The maximum absolute atomic E-state index is 12.4. The molecule has 1 aliphatic carbocycles. The Labute approximate surface area is 127 Å². The average molecular weight is 309 g/mol. The third kappa shape index (κ3) is 4.40. The van der Waals surface area contributed by atoms with Gasteiger partial charge in [0.15, 0.2) is 0 Å². The van der Waals surface area contributed by atoms with Gasteiger partial charge in [-0.2, -0.15) is 0 Å². The van der Waals surface area contributed by atoms with Crippen LogP contribution in [0.2, 0.25) is 0 Å². The van der Waals surface area contributed by atoms with Crippen molar-refractivity contribution < 1.29 is 13.2 Å². The predicted molar refractivity (Wildman–Crippen MR) is 83.7 cm³/mol. The smallest absolute Gasteiger partial charge is 0.240 e. The number of benzene rings is 1. The second kappa shape index (κ2) is 7.20. The van der Waals surface area contributed by atoms with Crippen LogP contribution in [0.1, 0.15) is 31.2 Å². The third-order valence-corrected chi connectivity index (χ3v) is 5.27. The molecule has 4 nitrogen and oxygen atoms in total. The number of nitrogens with one attached hydrogen (secondary N) is 1. The normalized spacial score (nSPS) is 22.9. The van der Waals surface area contributed by atoms with Gasteiger partial charge in [-0.15, -0.1) is 6.58 Å². The molecular weight excluding hydrogens is 286 g/mol. The van der Waals surface area contributed by atoms with E-state index in [4.69, 9.17) is 4.74 Å². The van der Waals surface area contributed by atoms with Crippen LogP contribution in [0.5, 0.6) is 0 Å². The van der Waals surface area contributed by atoms with E-state index in [2.05, 4.69) is 11.3 Å². The van der Waals surface area contributed by atoms with E-state index in [0.29, 0.717) is 11.5 Å². The highest BCUT2D eigenvalue weighted by atomic mass is 32.2. The lowest BCUT2D eigenvalue weighted by Crippen LogP contribution is -2.46. The molecule has 1 aromatic rings. The van der Waals surface area contributed by atoms with Gasteiger partial charge in [0, 0.05) is 6.04 Å². The lowest BCUT2D eigenvalue weighted by molar-refractivity contribution is 0.0273. The molecule has 2 atom stereocenters. The van der Waals surface area contributed by atoms with Crippen molar-refractivity contribution >= 4 is 10.0 Å². The van der Waals surface area contributed by atoms with Crippen LogP contribution in [0, 0.1) is 6.92 Å². The van der Waals surface area contributed by atoms with Crippen LogP contribution >= 0.6 is 0 Å². The molecule has 0 heterocycles. The van der Waals surface area contributed by atoms with Crippen LogP contribution in [0.15, 0.2) is 41.8 Å². The Kier molecular flexibility index (Phi) is 5.56. The molecule has 1 aliphatic rings. The Morgan fingerprint density at radius 1 is 1.29 bits per heavy atom. The van der Waals surface area contributed by atoms with E-state index in [1.807, 2.05) is 6.92 Å². The van der Waals surface area contributed by atoms with Crippen molar-refractivity contribution in [3.63, 3.8) is 0 Å². The largest absolute Gasteiger partial charge is 0.373 e. The average Bonchev–Trinajstić information content (AvgIpc) is 2.46. The van der Waals surface area contributed by atoms with Gasteiger partial charge in [0.25, 0.3) is 0 Å². The maximum atomic E-state index is 12.4. The molecule has 2 rings (SSSR count). The molecule has 0 radical (unpaired) electrons. The molecule has 21 heavy (non-hydrogen) atoms. The van der Waals surface area contributed by atoms with Crippen LogP contribution < -0.4 is 4.72 Å². The predicted octanol–water partition coefficient (Wildman–Crippen LogP) is 2.79. The first-order valence-corrected chi connectivity index (χ1v) is 8.83. The Morgan fingerprint density at radius 3 is 2.62 bits per heavy atom. The summed E-state index contributed by atoms with van der Waals surface area (Å²) in [6, 6.07) is 6.73. The van der Waals surface area contributed by atoms with Gasteiger partial charge in [-0.25, -0.2) is 13.1 Å². The highest BCUT2D eigenvalue weighted by Crippen LogP contribution is 2.23. The van der Waals surface area contributed by atoms with Crippen LogP contribution in [-0.4, -0.2) is 27.2 Å². The first-order chi connectivity index (χ1) is 10.0. The number of hydrogen-bond donors (Lipinski definition) is 1. The highest BCUT2D eigenvalue weighted by molar-refractivity contribution is 7.89. The van der Waals surface area contributed by atoms with Gasteiger partial charge in [0.2, 0.25) is 10.0 Å². The van der Waals surface area contributed by atoms with Gasteiger partial charge in [-0.3, -0.25) is 0 Å². The molecule has 0 aliphatic heterocycles. The van der Waals surface area contributed by atoms with Crippen molar-refractivity contribution in [1.29, 1.82) is 0 Å². The topological polar surface area (TPSA) is 55.4 Å². The van der Waals surface area contributed by atoms with E-state index in [1.165, 1.54) is 0 Å². The van der Waals surface area contributed by atoms with Gasteiger partial charge in [-0.1, -0.05) is 36.6 Å². The summed E-state index contributed by atoms with van der Waals surface area (Å²) >= 11 is 0. The zero-order valence-corrected chi connectivity index (χ0v) is 13.2. The molecule has 0 amide bonds. The number of hydrogen-bond acceptors (Lipinski definition) is 3. The summed E-state index contributed by atoms with van der Waals surface area (Å²) < 4.78 is 33.4. The van der Waals surface area contributed by atoms with E-state index in [9.17, 15) is 8.42 Å². The van der Waals surface area contributed by atoms with Crippen LogP contribution in [-0.2, 0) is 14.8 Å². The van der Waals surface area contributed by atoms with E-state index in [-0.39, 0.29) is 12.1 Å². The summed E-state index contributed by atoms with van der Waals surface area (Å²) in [6.45, 7) is 6.02. The summed E-state index contributed by atoms with van der Waals surface area (Å²) in [5.41, 5.74) is 1.04. The van der Waals surface area contributed by atoms with Crippen molar-refractivity contribution in [2.45, 2.75) is 49.6 Å². The van der Waals surface area contributed by atoms with Gasteiger partial charge in [-0.05, 0) is 31.9 Å². The molecule has 1 saturated carbocycles. The lowest BCUT2D eigenvalue weighted by Gasteiger charge is -2.31. The van der Waals surface area contributed by atoms with Crippen LogP contribution in [0.4, 0.5) is 0 Å². The first kappa shape index (κ1) is 16.2. The fourth-order valence-corrected chi connectivity index (χ4v) is 3.91. The minimum absolute atomic E-state index is 0.0722. The quantitative estimate of drug-likeness (QED) is 0.822. The van der Waals surface area contributed by atoms with E-state index in [1.54, 1.807) is 30.3 Å². The summed E-state index contributed by atoms with van der Waals surface area (Å²) in [6.07, 6.45) is 5.42. The van der Waals surface area contributed by atoms with Crippen molar-refractivity contribution in [3.8, 4) is 0 Å². The second-order valence-corrected chi connectivity index (χ2v) is 7.20. The fourth-order valence-electron chi connectivity index (χ4n) is 2.61. The molecule has 0 bridgehead atoms. The van der Waals surface area contributed by atoms with Crippen LogP contribution in [0.25, 0.3) is 0 Å². The Hall–Kier alpha value is -1.17. The van der Waals surface area contributed by atoms with E-state index < -0.39 is 10.0 Å². The summed E-state index contributed by atoms with van der Waals surface area (Å²) in [5, 5.41) is 0. The molecule has 1 fully saturated rings. The maximum Gasteiger partial charge on any atom is 0.240 e. The molecule has 1 N–H and O–H groups in total.